The van der Waals surface area contributed by atoms with Crippen LogP contribution >= 0.6 is 11.6 Å². The molecule has 0 unspecified atom stereocenters. The number of amides is 1. The number of rotatable bonds is 3. The van der Waals surface area contributed by atoms with Crippen LogP contribution in [0.25, 0.3) is 34.6 Å². The molecule has 164 valence electrons. The zero-order valence-electron chi connectivity index (χ0n) is 17.4. The fraction of sp³-hybridized carbons (Fsp3) is 0.0800. The van der Waals surface area contributed by atoms with E-state index in [1.54, 1.807) is 18.2 Å². The van der Waals surface area contributed by atoms with Gasteiger partial charge in [0.15, 0.2) is 11.6 Å². The Hall–Kier alpha value is -3.84. The second-order valence-corrected chi connectivity index (χ2v) is 8.03. The lowest BCUT2D eigenvalue weighted by molar-refractivity contribution is 0.102. The van der Waals surface area contributed by atoms with Gasteiger partial charge in [-0.1, -0.05) is 42.0 Å². The van der Waals surface area contributed by atoms with E-state index < -0.39 is 23.1 Å². The largest absolute Gasteiger partial charge is 0.338 e. The monoisotopic (exact) mass is 462 g/mol. The third-order valence-corrected chi connectivity index (χ3v) is 5.74. The number of aryl methyl sites for hydroxylation is 1. The standard InChI is InChI=1S/C25H17ClF2N4O/c1-13-6-5-8-16(26)20(13)24-30-18-12-15(21(27)22(28)23(18)32-24)25(33)31-19-11-10-14-7-3-2-4-9-17(14)29-19/h2,4-12H,3H2,1H3,(H,30,32)(H,29,31,33). The molecule has 0 saturated heterocycles. The zero-order valence-corrected chi connectivity index (χ0v) is 18.2. The first-order valence-electron chi connectivity index (χ1n) is 10.2. The number of benzene rings is 2. The summed E-state index contributed by atoms with van der Waals surface area (Å²) in [6.45, 7) is 1.84. The maximum absolute atomic E-state index is 14.9. The maximum Gasteiger partial charge on any atom is 0.259 e. The van der Waals surface area contributed by atoms with Gasteiger partial charge in [0.25, 0.3) is 5.91 Å². The van der Waals surface area contributed by atoms with E-state index in [0.717, 1.165) is 17.2 Å². The molecule has 1 aliphatic carbocycles. The van der Waals surface area contributed by atoms with Crippen LogP contribution in [0.1, 0.15) is 22.3 Å². The molecule has 1 aliphatic rings. The molecule has 0 spiro atoms. The molecular weight excluding hydrogens is 446 g/mol. The maximum atomic E-state index is 14.9. The van der Waals surface area contributed by atoms with Crippen molar-refractivity contribution < 1.29 is 13.6 Å². The normalized spacial score (nSPS) is 12.6. The highest BCUT2D eigenvalue weighted by Crippen LogP contribution is 2.32. The number of hydrogen-bond acceptors (Lipinski definition) is 3. The van der Waals surface area contributed by atoms with Crippen molar-refractivity contribution in [3.63, 3.8) is 0 Å². The van der Waals surface area contributed by atoms with Crippen LogP contribution in [0.15, 0.2) is 48.6 Å². The van der Waals surface area contributed by atoms with Crippen molar-refractivity contribution in [1.29, 1.82) is 0 Å². The van der Waals surface area contributed by atoms with Crippen LogP contribution in [0.4, 0.5) is 14.6 Å². The van der Waals surface area contributed by atoms with Crippen LogP contribution in [-0.4, -0.2) is 20.9 Å². The Labute approximate surface area is 192 Å². The van der Waals surface area contributed by atoms with Gasteiger partial charge < -0.3 is 10.3 Å². The molecule has 4 aromatic rings. The van der Waals surface area contributed by atoms with Crippen LogP contribution in [0, 0.1) is 18.6 Å². The van der Waals surface area contributed by atoms with E-state index in [4.69, 9.17) is 11.6 Å². The summed E-state index contributed by atoms with van der Waals surface area (Å²) in [5.74, 6) is -2.80. The van der Waals surface area contributed by atoms with Crippen LogP contribution < -0.4 is 15.9 Å². The van der Waals surface area contributed by atoms with Gasteiger partial charge in [-0.25, -0.2) is 18.7 Å². The molecule has 0 saturated carbocycles. The second kappa shape index (κ2) is 8.26. The number of nitrogens with zero attached hydrogens (tertiary/aromatic N) is 2. The molecule has 0 aliphatic heterocycles. The van der Waals surface area contributed by atoms with Crippen LogP contribution in [0.2, 0.25) is 5.02 Å². The highest BCUT2D eigenvalue weighted by Gasteiger charge is 2.23. The van der Waals surface area contributed by atoms with Crippen molar-refractivity contribution in [3.05, 3.63) is 86.9 Å². The molecule has 5 nitrogen and oxygen atoms in total. The summed E-state index contributed by atoms with van der Waals surface area (Å²) in [7, 11) is 0. The molecule has 0 atom stereocenters. The Morgan fingerprint density at radius 3 is 2.82 bits per heavy atom. The summed E-state index contributed by atoms with van der Waals surface area (Å²) in [5, 5.41) is 4.58. The number of imidazole rings is 1. The van der Waals surface area contributed by atoms with E-state index in [1.165, 1.54) is 6.07 Å². The van der Waals surface area contributed by atoms with Crippen molar-refractivity contribution in [1.82, 2.24) is 15.0 Å². The van der Waals surface area contributed by atoms with Crippen LogP contribution in [-0.2, 0) is 0 Å². The molecule has 2 aromatic heterocycles. The van der Waals surface area contributed by atoms with Crippen molar-refractivity contribution in [2.24, 2.45) is 0 Å². The van der Waals surface area contributed by atoms with E-state index in [2.05, 4.69) is 20.3 Å². The molecule has 8 heteroatoms. The predicted molar refractivity (Wildman–Crippen MR) is 125 cm³/mol. The lowest BCUT2D eigenvalue weighted by Gasteiger charge is -2.07. The van der Waals surface area contributed by atoms with Crippen LogP contribution in [0.3, 0.4) is 0 Å². The Bertz CT molecular complexity index is 1570. The molecule has 0 fully saturated rings. The average Bonchev–Trinajstić information content (AvgIpc) is 3.06. The summed E-state index contributed by atoms with van der Waals surface area (Å²) < 4.78 is 29.7. The Morgan fingerprint density at radius 1 is 1.15 bits per heavy atom. The molecule has 2 N–H and O–H groups in total. The summed E-state index contributed by atoms with van der Waals surface area (Å²) in [6.07, 6.45) is 8.47. The topological polar surface area (TPSA) is 70.7 Å². The number of carbonyl (C=O) groups excluding carboxylic acids is 1. The van der Waals surface area contributed by atoms with Gasteiger partial charge in [0, 0.05) is 5.56 Å². The minimum atomic E-state index is -1.29. The van der Waals surface area contributed by atoms with E-state index in [9.17, 15) is 13.6 Å². The number of H-pyrrole nitrogens is 1. The first kappa shape index (κ1) is 21.0. The van der Waals surface area contributed by atoms with Gasteiger partial charge >= 0.3 is 0 Å². The minimum Gasteiger partial charge on any atom is -0.338 e. The third-order valence-electron chi connectivity index (χ3n) is 5.42. The first-order chi connectivity index (χ1) is 15.9. The minimum absolute atomic E-state index is 0.177. The lowest BCUT2D eigenvalue weighted by atomic mass is 10.1. The van der Waals surface area contributed by atoms with E-state index in [1.807, 2.05) is 43.4 Å². The summed E-state index contributed by atoms with van der Waals surface area (Å²) in [5.41, 5.74) is 0.907. The third kappa shape index (κ3) is 3.81. The van der Waals surface area contributed by atoms with Gasteiger partial charge in [-0.15, -0.1) is 0 Å². The fourth-order valence-corrected chi connectivity index (χ4v) is 4.09. The highest BCUT2D eigenvalue weighted by atomic mass is 35.5. The smallest absolute Gasteiger partial charge is 0.259 e. The number of fused-ring (bicyclic) bond motifs is 2. The van der Waals surface area contributed by atoms with Crippen molar-refractivity contribution in [2.75, 3.05) is 5.32 Å². The number of allylic oxidation sites excluding steroid dienone is 2. The lowest BCUT2D eigenvalue weighted by Crippen LogP contribution is -2.29. The Kier molecular flexibility index (Phi) is 5.26. The Morgan fingerprint density at radius 2 is 2.00 bits per heavy atom. The summed E-state index contributed by atoms with van der Waals surface area (Å²) >= 11 is 6.29. The molecule has 5 rings (SSSR count). The van der Waals surface area contributed by atoms with Crippen LogP contribution in [0.5, 0.6) is 0 Å². The number of nitrogens with one attached hydrogen (secondary N) is 2. The molecule has 0 bridgehead atoms. The first-order valence-corrected chi connectivity index (χ1v) is 10.6. The highest BCUT2D eigenvalue weighted by molar-refractivity contribution is 6.33. The van der Waals surface area contributed by atoms with Crippen molar-refractivity contribution in [2.45, 2.75) is 13.3 Å². The van der Waals surface area contributed by atoms with Crippen molar-refractivity contribution in [3.8, 4) is 11.4 Å². The Balaban J connectivity index is 1.54. The zero-order chi connectivity index (χ0) is 23.1. The number of hydrogen-bond donors (Lipinski definition) is 2. The quantitative estimate of drug-likeness (QED) is 0.466. The predicted octanol–water partition coefficient (Wildman–Crippen LogP) is 4.64. The fourth-order valence-electron chi connectivity index (χ4n) is 3.78. The van der Waals surface area contributed by atoms with Gasteiger partial charge in [0.2, 0.25) is 0 Å². The molecule has 0 radical (unpaired) electrons. The van der Waals surface area contributed by atoms with E-state index >= 15 is 0 Å². The molecule has 1 amide bonds. The number of anilines is 1. The van der Waals surface area contributed by atoms with Gasteiger partial charge in [-0.3, -0.25) is 4.79 Å². The van der Waals surface area contributed by atoms with Gasteiger partial charge in [0.1, 0.15) is 17.2 Å². The summed E-state index contributed by atoms with van der Waals surface area (Å²) in [6, 6.07) is 9.98. The van der Waals surface area contributed by atoms with Crippen molar-refractivity contribution >= 4 is 46.5 Å². The average molecular weight is 463 g/mol. The number of aromatic nitrogens is 3. The number of pyridine rings is 1. The number of carbonyl (C=O) groups is 1. The number of halogens is 3. The molecule has 2 aromatic carbocycles. The summed E-state index contributed by atoms with van der Waals surface area (Å²) in [4.78, 5) is 24.3. The van der Waals surface area contributed by atoms with E-state index in [0.29, 0.717) is 15.9 Å². The van der Waals surface area contributed by atoms with Gasteiger partial charge in [-0.05, 0) is 54.5 Å². The second-order valence-electron chi connectivity index (χ2n) is 7.63. The number of aromatic amines is 1. The van der Waals surface area contributed by atoms with Gasteiger partial charge in [0.05, 0.1) is 21.5 Å². The molecule has 33 heavy (non-hydrogen) atoms. The molecular formula is C25H17ClF2N4O. The van der Waals surface area contributed by atoms with Gasteiger partial charge in [-0.2, -0.15) is 0 Å². The van der Waals surface area contributed by atoms with E-state index in [-0.39, 0.29) is 22.7 Å². The molecule has 2 heterocycles. The SMILES string of the molecule is Cc1cccc(Cl)c1-c1nc2c(F)c(F)c(C(=O)Nc3ccc4c(n3)=CC=CCC=4)cc2[nH]1.